The molecular weight excluding hydrogens is 338 g/mol. The molecule has 118 valence electrons. The Morgan fingerprint density at radius 2 is 1.45 bits per heavy atom. The van der Waals surface area contributed by atoms with Crippen LogP contribution in [0.2, 0.25) is 5.02 Å². The van der Waals surface area contributed by atoms with Gasteiger partial charge in [-0.3, -0.25) is 4.79 Å². The molecule has 3 nitrogen and oxygen atoms in total. The van der Waals surface area contributed by atoms with Crippen LogP contribution in [0.3, 0.4) is 0 Å². The van der Waals surface area contributed by atoms with Crippen molar-refractivity contribution in [1.29, 1.82) is 0 Å². The standard InChI is InChI=1S/C12H5ClF6N2O/c13-10-6(11(14,15)16)3-5(4-7(10)12(17,18)19)8-1-2-9(22)21-20-8/h1-4H,(H,21,22). The largest absolute Gasteiger partial charge is 0.417 e. The van der Waals surface area contributed by atoms with E-state index in [1.165, 1.54) is 0 Å². The predicted octanol–water partition coefficient (Wildman–Crippen LogP) is 4.13. The zero-order valence-electron chi connectivity index (χ0n) is 10.3. The van der Waals surface area contributed by atoms with Gasteiger partial charge in [0.15, 0.2) is 0 Å². The average Bonchev–Trinajstić information content (AvgIpc) is 2.37. The summed E-state index contributed by atoms with van der Waals surface area (Å²) in [6.45, 7) is 0. The first kappa shape index (κ1) is 16.3. The summed E-state index contributed by atoms with van der Waals surface area (Å²) in [5, 5.41) is 3.90. The van der Waals surface area contributed by atoms with Crippen LogP contribution in [-0.2, 0) is 12.4 Å². The summed E-state index contributed by atoms with van der Waals surface area (Å²) in [7, 11) is 0. The lowest BCUT2D eigenvalue weighted by atomic mass is 10.0. The molecule has 0 radical (unpaired) electrons. The number of aromatic nitrogens is 2. The fourth-order valence-corrected chi connectivity index (χ4v) is 2.01. The van der Waals surface area contributed by atoms with Gasteiger partial charge in [-0.1, -0.05) is 11.6 Å². The molecule has 0 bridgehead atoms. The molecule has 0 aliphatic rings. The number of hydrogen-bond donors (Lipinski definition) is 1. The maximum absolute atomic E-state index is 12.8. The van der Waals surface area contributed by atoms with Gasteiger partial charge in [-0.25, -0.2) is 5.10 Å². The summed E-state index contributed by atoms with van der Waals surface area (Å²) in [6.07, 6.45) is -10.1. The number of nitrogens with zero attached hydrogens (tertiary/aromatic N) is 1. The molecule has 0 spiro atoms. The van der Waals surface area contributed by atoms with E-state index in [4.69, 9.17) is 11.6 Å². The molecule has 22 heavy (non-hydrogen) atoms. The van der Waals surface area contributed by atoms with Gasteiger partial charge in [-0.2, -0.15) is 31.4 Å². The Balaban J connectivity index is 2.75. The maximum Gasteiger partial charge on any atom is 0.417 e. The van der Waals surface area contributed by atoms with Gasteiger partial charge in [-0.05, 0) is 18.2 Å². The lowest BCUT2D eigenvalue weighted by Gasteiger charge is -2.16. The fraction of sp³-hybridized carbons (Fsp3) is 0.167. The molecule has 0 aliphatic carbocycles. The quantitative estimate of drug-likeness (QED) is 0.792. The van der Waals surface area contributed by atoms with Crippen LogP contribution in [0.5, 0.6) is 0 Å². The van der Waals surface area contributed by atoms with E-state index in [-0.39, 0.29) is 5.69 Å². The van der Waals surface area contributed by atoms with E-state index in [1.54, 1.807) is 0 Å². The van der Waals surface area contributed by atoms with Crippen LogP contribution in [0.1, 0.15) is 11.1 Å². The van der Waals surface area contributed by atoms with E-state index in [1.807, 2.05) is 5.10 Å². The Labute approximate surface area is 123 Å². The highest BCUT2D eigenvalue weighted by Crippen LogP contribution is 2.44. The monoisotopic (exact) mass is 342 g/mol. The van der Waals surface area contributed by atoms with Crippen molar-refractivity contribution in [2.75, 3.05) is 0 Å². The van der Waals surface area contributed by atoms with Crippen molar-refractivity contribution < 1.29 is 26.3 Å². The average molecular weight is 343 g/mol. The topological polar surface area (TPSA) is 45.8 Å². The number of H-pyrrole nitrogens is 1. The molecule has 0 fully saturated rings. The normalized spacial score (nSPS) is 12.5. The second-order valence-electron chi connectivity index (χ2n) is 4.19. The molecule has 0 unspecified atom stereocenters. The van der Waals surface area contributed by atoms with Crippen LogP contribution in [-0.4, -0.2) is 10.2 Å². The zero-order valence-corrected chi connectivity index (χ0v) is 11.1. The van der Waals surface area contributed by atoms with Gasteiger partial charge in [0.2, 0.25) is 0 Å². The van der Waals surface area contributed by atoms with Crippen molar-refractivity contribution in [1.82, 2.24) is 10.2 Å². The highest BCUT2D eigenvalue weighted by atomic mass is 35.5. The smallest absolute Gasteiger partial charge is 0.268 e. The van der Waals surface area contributed by atoms with Crippen LogP contribution in [0, 0.1) is 0 Å². The predicted molar refractivity (Wildman–Crippen MR) is 65.3 cm³/mol. The Kier molecular flexibility index (Phi) is 3.94. The lowest BCUT2D eigenvalue weighted by molar-refractivity contribution is -0.142. The summed E-state index contributed by atoms with van der Waals surface area (Å²) in [5.74, 6) is 0. The van der Waals surface area contributed by atoms with E-state index in [0.29, 0.717) is 12.1 Å². The lowest BCUT2D eigenvalue weighted by Crippen LogP contribution is -2.13. The summed E-state index contributed by atoms with van der Waals surface area (Å²) < 4.78 is 77.1. The number of rotatable bonds is 1. The SMILES string of the molecule is O=c1ccc(-c2cc(C(F)(F)F)c(Cl)c(C(F)(F)F)c2)n[nH]1. The molecule has 0 saturated heterocycles. The second-order valence-corrected chi connectivity index (χ2v) is 4.57. The van der Waals surface area contributed by atoms with Gasteiger partial charge >= 0.3 is 12.4 Å². The number of halogens is 7. The molecule has 0 amide bonds. The molecule has 0 saturated carbocycles. The van der Waals surface area contributed by atoms with Crippen LogP contribution < -0.4 is 5.56 Å². The number of hydrogen-bond acceptors (Lipinski definition) is 2. The maximum atomic E-state index is 12.8. The van der Waals surface area contributed by atoms with E-state index in [2.05, 4.69) is 5.10 Å². The highest BCUT2D eigenvalue weighted by Gasteiger charge is 2.41. The van der Waals surface area contributed by atoms with Crippen molar-refractivity contribution in [3.8, 4) is 11.3 Å². The van der Waals surface area contributed by atoms with Crippen molar-refractivity contribution >= 4 is 11.6 Å². The summed E-state index contributed by atoms with van der Waals surface area (Å²) >= 11 is 5.24. The van der Waals surface area contributed by atoms with Crippen molar-refractivity contribution in [2.24, 2.45) is 0 Å². The van der Waals surface area contributed by atoms with Gasteiger partial charge in [0.25, 0.3) is 5.56 Å². The molecule has 1 aromatic carbocycles. The molecule has 1 heterocycles. The van der Waals surface area contributed by atoms with Crippen LogP contribution in [0.15, 0.2) is 29.1 Å². The summed E-state index contributed by atoms with van der Waals surface area (Å²) in [4.78, 5) is 10.9. The number of aromatic amines is 1. The fourth-order valence-electron chi connectivity index (χ4n) is 1.69. The summed E-state index contributed by atoms with van der Waals surface area (Å²) in [5.41, 5.74) is -4.64. The van der Waals surface area contributed by atoms with Gasteiger partial charge in [0.1, 0.15) is 0 Å². The first-order valence-electron chi connectivity index (χ1n) is 5.54. The van der Waals surface area contributed by atoms with E-state index in [9.17, 15) is 31.1 Å². The Morgan fingerprint density at radius 3 is 1.82 bits per heavy atom. The second kappa shape index (κ2) is 5.31. The van der Waals surface area contributed by atoms with E-state index < -0.39 is 39.6 Å². The molecular formula is C12H5ClF6N2O. The summed E-state index contributed by atoms with van der Waals surface area (Å²) in [6, 6.07) is 2.82. The van der Waals surface area contributed by atoms with Gasteiger partial charge < -0.3 is 0 Å². The molecule has 2 aromatic rings. The minimum absolute atomic E-state index is 0.257. The molecule has 10 heteroatoms. The van der Waals surface area contributed by atoms with Gasteiger partial charge in [-0.15, -0.1) is 0 Å². The minimum atomic E-state index is -5.07. The number of nitrogens with one attached hydrogen (secondary N) is 1. The molecule has 1 N–H and O–H groups in total. The third kappa shape index (κ3) is 3.24. The first-order chi connectivity index (χ1) is 10.00. The van der Waals surface area contributed by atoms with Crippen molar-refractivity contribution in [3.05, 3.63) is 50.8 Å². The molecule has 0 atom stereocenters. The van der Waals surface area contributed by atoms with Gasteiger partial charge in [0.05, 0.1) is 21.8 Å². The van der Waals surface area contributed by atoms with Crippen molar-refractivity contribution in [2.45, 2.75) is 12.4 Å². The Bertz CT molecular complexity index is 710. The molecule has 1 aromatic heterocycles. The minimum Gasteiger partial charge on any atom is -0.268 e. The first-order valence-corrected chi connectivity index (χ1v) is 5.92. The third-order valence-corrected chi connectivity index (χ3v) is 3.07. The highest BCUT2D eigenvalue weighted by molar-refractivity contribution is 6.32. The molecule has 2 rings (SSSR count). The van der Waals surface area contributed by atoms with Crippen LogP contribution in [0.4, 0.5) is 26.3 Å². The Hall–Kier alpha value is -2.03. The van der Waals surface area contributed by atoms with Crippen LogP contribution in [0.25, 0.3) is 11.3 Å². The zero-order chi connectivity index (χ0) is 16.7. The molecule has 0 aliphatic heterocycles. The van der Waals surface area contributed by atoms with Crippen LogP contribution >= 0.6 is 11.6 Å². The van der Waals surface area contributed by atoms with E-state index >= 15 is 0 Å². The van der Waals surface area contributed by atoms with Gasteiger partial charge in [0, 0.05) is 11.6 Å². The number of benzene rings is 1. The van der Waals surface area contributed by atoms with E-state index in [0.717, 1.165) is 12.1 Å². The third-order valence-electron chi connectivity index (χ3n) is 2.66. The Morgan fingerprint density at radius 1 is 0.955 bits per heavy atom. The van der Waals surface area contributed by atoms with Crippen molar-refractivity contribution in [3.63, 3.8) is 0 Å². The number of alkyl halides is 6.